The number of pyridine rings is 1. The van der Waals surface area contributed by atoms with Gasteiger partial charge in [0, 0.05) is 38.9 Å². The van der Waals surface area contributed by atoms with Gasteiger partial charge in [0.25, 0.3) is 0 Å². The summed E-state index contributed by atoms with van der Waals surface area (Å²) in [5, 5.41) is 0. The Morgan fingerprint density at radius 1 is 0.909 bits per heavy atom. The zero-order valence-corrected chi connectivity index (χ0v) is 13.0. The first kappa shape index (κ1) is 13.8. The van der Waals surface area contributed by atoms with E-state index in [0.717, 1.165) is 38.5 Å². The predicted octanol–water partition coefficient (Wildman–Crippen LogP) is 2.89. The van der Waals surface area contributed by atoms with Crippen LogP contribution in [0, 0.1) is 0 Å². The molecular weight excluding hydrogens is 270 g/mol. The van der Waals surface area contributed by atoms with Gasteiger partial charge >= 0.3 is 0 Å². The average Bonchev–Trinajstić information content (AvgIpc) is 3.04. The summed E-state index contributed by atoms with van der Waals surface area (Å²) in [5.74, 6) is 1.11. The van der Waals surface area contributed by atoms with Gasteiger partial charge in [-0.05, 0) is 48.1 Å². The second kappa shape index (κ2) is 6.09. The molecule has 1 aliphatic heterocycles. The minimum Gasteiger partial charge on any atom is -0.354 e. The summed E-state index contributed by atoms with van der Waals surface area (Å²) in [6.07, 6.45) is 5.77. The van der Waals surface area contributed by atoms with Crippen molar-refractivity contribution >= 4 is 5.82 Å². The molecule has 1 aliphatic carbocycles. The van der Waals surface area contributed by atoms with Gasteiger partial charge in [0.15, 0.2) is 0 Å². The highest BCUT2D eigenvalue weighted by Crippen LogP contribution is 2.23. The van der Waals surface area contributed by atoms with Crippen molar-refractivity contribution in [1.82, 2.24) is 9.88 Å². The Bertz CT molecular complexity index is 630. The number of rotatable bonds is 3. The Morgan fingerprint density at radius 3 is 2.59 bits per heavy atom. The molecule has 4 rings (SSSR count). The van der Waals surface area contributed by atoms with Gasteiger partial charge in [-0.3, -0.25) is 4.90 Å². The molecule has 1 aromatic heterocycles. The molecule has 2 aliphatic rings. The van der Waals surface area contributed by atoms with Crippen molar-refractivity contribution in [2.24, 2.45) is 0 Å². The lowest BCUT2D eigenvalue weighted by atomic mass is 10.1. The molecule has 1 fully saturated rings. The summed E-state index contributed by atoms with van der Waals surface area (Å²) in [7, 11) is 0. The van der Waals surface area contributed by atoms with E-state index in [4.69, 9.17) is 0 Å². The Morgan fingerprint density at radius 2 is 1.77 bits per heavy atom. The van der Waals surface area contributed by atoms with E-state index >= 15 is 0 Å². The molecule has 1 saturated heterocycles. The maximum Gasteiger partial charge on any atom is 0.128 e. The summed E-state index contributed by atoms with van der Waals surface area (Å²) >= 11 is 0. The fourth-order valence-corrected chi connectivity index (χ4v) is 3.66. The van der Waals surface area contributed by atoms with Gasteiger partial charge < -0.3 is 4.90 Å². The lowest BCUT2D eigenvalue weighted by molar-refractivity contribution is 0.249. The van der Waals surface area contributed by atoms with Crippen LogP contribution in [0.1, 0.15) is 23.1 Å². The van der Waals surface area contributed by atoms with Crippen molar-refractivity contribution < 1.29 is 0 Å². The number of aromatic nitrogens is 1. The van der Waals surface area contributed by atoms with Crippen molar-refractivity contribution in [3.63, 3.8) is 0 Å². The number of hydrogen-bond donors (Lipinski definition) is 0. The van der Waals surface area contributed by atoms with Crippen LogP contribution in [0.4, 0.5) is 5.82 Å². The molecule has 3 nitrogen and oxygen atoms in total. The predicted molar refractivity (Wildman–Crippen MR) is 90.2 cm³/mol. The lowest BCUT2D eigenvalue weighted by Gasteiger charge is -2.35. The first-order chi connectivity index (χ1) is 10.9. The lowest BCUT2D eigenvalue weighted by Crippen LogP contribution is -2.46. The third kappa shape index (κ3) is 2.86. The van der Waals surface area contributed by atoms with Crippen molar-refractivity contribution in [1.29, 1.82) is 0 Å². The van der Waals surface area contributed by atoms with Crippen LogP contribution in [0.25, 0.3) is 0 Å². The number of benzene rings is 1. The molecule has 2 aromatic rings. The zero-order chi connectivity index (χ0) is 14.8. The molecule has 0 amide bonds. The first-order valence-corrected chi connectivity index (χ1v) is 8.37. The fourth-order valence-electron chi connectivity index (χ4n) is 3.66. The van der Waals surface area contributed by atoms with Gasteiger partial charge in [-0.15, -0.1) is 0 Å². The van der Waals surface area contributed by atoms with E-state index in [-0.39, 0.29) is 0 Å². The van der Waals surface area contributed by atoms with E-state index in [2.05, 4.69) is 45.1 Å². The van der Waals surface area contributed by atoms with Crippen LogP contribution in [-0.4, -0.2) is 36.1 Å². The first-order valence-electron chi connectivity index (χ1n) is 8.37. The van der Waals surface area contributed by atoms with Crippen LogP contribution < -0.4 is 4.90 Å². The van der Waals surface area contributed by atoms with Crippen molar-refractivity contribution in [2.75, 3.05) is 31.1 Å². The second-order valence-corrected chi connectivity index (χ2v) is 6.41. The minimum absolute atomic E-state index is 1.07. The molecule has 2 heterocycles. The average molecular weight is 293 g/mol. The molecule has 0 saturated carbocycles. The van der Waals surface area contributed by atoms with Crippen LogP contribution in [-0.2, 0) is 19.4 Å². The Labute approximate surface area is 132 Å². The van der Waals surface area contributed by atoms with E-state index in [1.807, 2.05) is 12.3 Å². The minimum atomic E-state index is 1.07. The van der Waals surface area contributed by atoms with Gasteiger partial charge in [-0.2, -0.15) is 0 Å². The van der Waals surface area contributed by atoms with Crippen LogP contribution in [0.2, 0.25) is 0 Å². The van der Waals surface area contributed by atoms with Crippen molar-refractivity contribution in [3.05, 3.63) is 59.3 Å². The molecule has 0 spiro atoms. The molecule has 1 aromatic carbocycles. The maximum atomic E-state index is 4.46. The van der Waals surface area contributed by atoms with Gasteiger partial charge in [0.05, 0.1) is 0 Å². The maximum absolute atomic E-state index is 4.46. The van der Waals surface area contributed by atoms with E-state index in [9.17, 15) is 0 Å². The normalized spacial score (nSPS) is 18.5. The molecule has 3 heteroatoms. The fraction of sp³-hybridized carbons (Fsp3) is 0.421. The van der Waals surface area contributed by atoms with E-state index in [1.54, 1.807) is 11.1 Å². The van der Waals surface area contributed by atoms with Crippen molar-refractivity contribution in [3.8, 4) is 0 Å². The Balaban J connectivity index is 1.36. The highest BCUT2D eigenvalue weighted by molar-refractivity contribution is 5.38. The summed E-state index contributed by atoms with van der Waals surface area (Å²) in [4.78, 5) is 9.41. The SMILES string of the molecule is c1ccc(N2CCN(Cc3ccc4c(c3)CCC4)CC2)nc1. The highest BCUT2D eigenvalue weighted by atomic mass is 15.3. The highest BCUT2D eigenvalue weighted by Gasteiger charge is 2.18. The van der Waals surface area contributed by atoms with Crippen molar-refractivity contribution in [2.45, 2.75) is 25.8 Å². The molecule has 22 heavy (non-hydrogen) atoms. The number of hydrogen-bond acceptors (Lipinski definition) is 3. The third-order valence-corrected chi connectivity index (χ3v) is 4.91. The monoisotopic (exact) mass is 293 g/mol. The molecular formula is C19H23N3. The summed E-state index contributed by atoms with van der Waals surface area (Å²) < 4.78 is 0. The van der Waals surface area contributed by atoms with Gasteiger partial charge in [0.2, 0.25) is 0 Å². The topological polar surface area (TPSA) is 19.4 Å². The third-order valence-electron chi connectivity index (χ3n) is 4.91. The molecule has 0 radical (unpaired) electrons. The number of anilines is 1. The number of fused-ring (bicyclic) bond motifs is 1. The Kier molecular flexibility index (Phi) is 3.81. The zero-order valence-electron chi connectivity index (χ0n) is 13.0. The van der Waals surface area contributed by atoms with Crippen LogP contribution in [0.3, 0.4) is 0 Å². The van der Waals surface area contributed by atoms with E-state index in [1.165, 1.54) is 24.8 Å². The van der Waals surface area contributed by atoms with E-state index in [0.29, 0.717) is 0 Å². The Hall–Kier alpha value is -1.87. The second-order valence-electron chi connectivity index (χ2n) is 6.41. The van der Waals surface area contributed by atoms with Gasteiger partial charge in [-0.25, -0.2) is 4.98 Å². The molecule has 0 bridgehead atoms. The standard InChI is InChI=1S/C19H23N3/c1-2-9-20-19(6-1)22-12-10-21(11-13-22)15-16-7-8-17-4-3-5-18(17)14-16/h1-2,6-9,14H,3-5,10-13,15H2. The summed E-state index contributed by atoms with van der Waals surface area (Å²) in [6, 6.07) is 13.3. The van der Waals surface area contributed by atoms with E-state index < -0.39 is 0 Å². The number of piperazine rings is 1. The quantitative estimate of drug-likeness (QED) is 0.867. The summed E-state index contributed by atoms with van der Waals surface area (Å²) in [5.41, 5.74) is 4.64. The van der Waals surface area contributed by atoms with Crippen LogP contribution in [0.5, 0.6) is 0 Å². The molecule has 114 valence electrons. The largest absolute Gasteiger partial charge is 0.354 e. The molecule has 0 N–H and O–H groups in total. The molecule has 0 unspecified atom stereocenters. The van der Waals surface area contributed by atoms with Crippen LogP contribution >= 0.6 is 0 Å². The smallest absolute Gasteiger partial charge is 0.128 e. The summed E-state index contributed by atoms with van der Waals surface area (Å²) in [6.45, 7) is 5.47. The van der Waals surface area contributed by atoms with Gasteiger partial charge in [0.1, 0.15) is 5.82 Å². The number of aryl methyl sites for hydroxylation is 2. The number of nitrogens with zero attached hydrogens (tertiary/aromatic N) is 3. The molecule has 0 atom stereocenters. The van der Waals surface area contributed by atoms with Gasteiger partial charge in [-0.1, -0.05) is 24.3 Å². The van der Waals surface area contributed by atoms with Crippen LogP contribution in [0.15, 0.2) is 42.6 Å².